The van der Waals surface area contributed by atoms with Crippen molar-refractivity contribution < 1.29 is 8.42 Å². The highest BCUT2D eigenvalue weighted by Gasteiger charge is 2.33. The maximum Gasteiger partial charge on any atom is 0.175 e. The van der Waals surface area contributed by atoms with Gasteiger partial charge in [0, 0.05) is 31.9 Å². The molecule has 0 radical (unpaired) electrons. The minimum atomic E-state index is -3.11. The Labute approximate surface area is 121 Å². The maximum absolute atomic E-state index is 11.4. The van der Waals surface area contributed by atoms with Crippen LogP contribution < -0.4 is 5.73 Å². The summed E-state index contributed by atoms with van der Waals surface area (Å²) < 4.78 is 22.9. The van der Waals surface area contributed by atoms with Gasteiger partial charge in [-0.2, -0.15) is 0 Å². The molecule has 0 spiro atoms. The van der Waals surface area contributed by atoms with Gasteiger partial charge in [0.05, 0.1) is 4.90 Å². The van der Waals surface area contributed by atoms with Crippen LogP contribution in [0.1, 0.15) is 25.8 Å². The van der Waals surface area contributed by atoms with Crippen LogP contribution in [0.4, 0.5) is 0 Å². The topological polar surface area (TPSA) is 63.4 Å². The van der Waals surface area contributed by atoms with Gasteiger partial charge in [-0.3, -0.25) is 4.90 Å². The number of piperidine rings is 1. The van der Waals surface area contributed by atoms with E-state index in [0.29, 0.717) is 4.90 Å². The van der Waals surface area contributed by atoms with E-state index in [9.17, 15) is 8.42 Å². The number of hydrogen-bond acceptors (Lipinski definition) is 4. The smallest absolute Gasteiger partial charge is 0.175 e. The van der Waals surface area contributed by atoms with Crippen LogP contribution in [0.15, 0.2) is 29.2 Å². The Morgan fingerprint density at radius 1 is 1.30 bits per heavy atom. The third kappa shape index (κ3) is 3.59. The van der Waals surface area contributed by atoms with E-state index in [1.165, 1.54) is 6.26 Å². The second kappa shape index (κ2) is 5.47. The molecule has 1 aliphatic rings. The number of rotatable bonds is 3. The molecule has 0 saturated carbocycles. The normalized spacial score (nSPS) is 23.7. The highest BCUT2D eigenvalue weighted by atomic mass is 32.2. The van der Waals surface area contributed by atoms with E-state index < -0.39 is 9.84 Å². The standard InChI is InChI=1S/C15H24N2O2S/c1-15(2)11-17(9-8-14(15)16)10-12-4-6-13(7-5-12)20(3,18)19/h4-7,14H,8-11,16H2,1-3H3. The molecule has 1 aliphatic heterocycles. The van der Waals surface area contributed by atoms with E-state index in [4.69, 9.17) is 5.73 Å². The van der Waals surface area contributed by atoms with E-state index in [-0.39, 0.29) is 11.5 Å². The summed E-state index contributed by atoms with van der Waals surface area (Å²) in [4.78, 5) is 2.76. The van der Waals surface area contributed by atoms with Crippen molar-refractivity contribution in [1.82, 2.24) is 4.90 Å². The van der Waals surface area contributed by atoms with Crippen LogP contribution >= 0.6 is 0 Å². The van der Waals surface area contributed by atoms with Gasteiger partial charge in [-0.1, -0.05) is 26.0 Å². The van der Waals surface area contributed by atoms with Crippen molar-refractivity contribution in [1.29, 1.82) is 0 Å². The SMILES string of the molecule is CC1(C)CN(Cc2ccc(S(C)(=O)=O)cc2)CCC1N. The molecule has 1 aromatic carbocycles. The van der Waals surface area contributed by atoms with Crippen LogP contribution in [-0.4, -0.2) is 38.7 Å². The summed E-state index contributed by atoms with van der Waals surface area (Å²) in [7, 11) is -3.11. The molecular formula is C15H24N2O2S. The number of hydrogen-bond donors (Lipinski definition) is 1. The second-order valence-electron chi connectivity index (χ2n) is 6.51. The molecule has 5 heteroatoms. The number of benzene rings is 1. The Bertz CT molecular complexity index is 564. The van der Waals surface area contributed by atoms with Crippen LogP contribution in [0.2, 0.25) is 0 Å². The monoisotopic (exact) mass is 296 g/mol. The van der Waals surface area contributed by atoms with Gasteiger partial charge in [-0.25, -0.2) is 8.42 Å². The van der Waals surface area contributed by atoms with Crippen LogP contribution in [0.25, 0.3) is 0 Å². The highest BCUT2D eigenvalue weighted by molar-refractivity contribution is 7.90. The average Bonchev–Trinajstić information content (AvgIpc) is 2.33. The summed E-state index contributed by atoms with van der Waals surface area (Å²) in [5.41, 5.74) is 7.41. The second-order valence-corrected chi connectivity index (χ2v) is 8.53. The summed E-state index contributed by atoms with van der Waals surface area (Å²) in [5, 5.41) is 0. The zero-order chi connectivity index (χ0) is 15.0. The fourth-order valence-electron chi connectivity index (χ4n) is 2.72. The molecule has 1 atom stereocenters. The number of nitrogens with two attached hydrogens (primary N) is 1. The van der Waals surface area contributed by atoms with Crippen molar-refractivity contribution in [3.05, 3.63) is 29.8 Å². The molecule has 0 amide bonds. The van der Waals surface area contributed by atoms with Gasteiger partial charge in [-0.05, 0) is 29.5 Å². The highest BCUT2D eigenvalue weighted by Crippen LogP contribution is 2.28. The zero-order valence-corrected chi connectivity index (χ0v) is 13.3. The molecule has 0 aromatic heterocycles. The molecule has 1 aromatic rings. The lowest BCUT2D eigenvalue weighted by molar-refractivity contribution is 0.0899. The van der Waals surface area contributed by atoms with Crippen molar-refractivity contribution in [2.75, 3.05) is 19.3 Å². The van der Waals surface area contributed by atoms with Crippen molar-refractivity contribution in [2.45, 2.75) is 37.8 Å². The Balaban J connectivity index is 2.04. The fourth-order valence-corrected chi connectivity index (χ4v) is 3.35. The predicted octanol–water partition coefficient (Wildman–Crippen LogP) is 1.65. The summed E-state index contributed by atoms with van der Waals surface area (Å²) in [5.74, 6) is 0. The number of nitrogens with zero attached hydrogens (tertiary/aromatic N) is 1. The summed E-state index contributed by atoms with van der Waals surface area (Å²) >= 11 is 0. The summed E-state index contributed by atoms with van der Waals surface area (Å²) in [6, 6.07) is 7.43. The number of sulfone groups is 1. The van der Waals surface area contributed by atoms with Crippen LogP contribution in [0.5, 0.6) is 0 Å². The molecule has 20 heavy (non-hydrogen) atoms. The van der Waals surface area contributed by atoms with Gasteiger partial charge in [0.1, 0.15) is 0 Å². The molecule has 1 heterocycles. The quantitative estimate of drug-likeness (QED) is 0.921. The third-order valence-electron chi connectivity index (χ3n) is 4.15. The van der Waals surface area contributed by atoms with E-state index in [1.807, 2.05) is 12.1 Å². The average molecular weight is 296 g/mol. The van der Waals surface area contributed by atoms with Gasteiger partial charge in [0.2, 0.25) is 0 Å². The first kappa shape index (κ1) is 15.5. The van der Waals surface area contributed by atoms with Crippen LogP contribution in [0, 0.1) is 5.41 Å². The van der Waals surface area contributed by atoms with E-state index >= 15 is 0 Å². The lowest BCUT2D eigenvalue weighted by Crippen LogP contribution is -2.52. The Morgan fingerprint density at radius 3 is 2.40 bits per heavy atom. The van der Waals surface area contributed by atoms with E-state index in [2.05, 4.69) is 18.7 Å². The maximum atomic E-state index is 11.4. The molecule has 112 valence electrons. The number of likely N-dealkylation sites (tertiary alicyclic amines) is 1. The Morgan fingerprint density at radius 2 is 1.90 bits per heavy atom. The van der Waals surface area contributed by atoms with Gasteiger partial charge >= 0.3 is 0 Å². The fraction of sp³-hybridized carbons (Fsp3) is 0.600. The molecular weight excluding hydrogens is 272 g/mol. The van der Waals surface area contributed by atoms with Crippen molar-refractivity contribution in [3.8, 4) is 0 Å². The lowest BCUT2D eigenvalue weighted by Gasteiger charge is -2.42. The first-order chi connectivity index (χ1) is 9.18. The lowest BCUT2D eigenvalue weighted by atomic mass is 9.79. The largest absolute Gasteiger partial charge is 0.327 e. The first-order valence-corrected chi connectivity index (χ1v) is 8.84. The molecule has 2 rings (SSSR count). The van der Waals surface area contributed by atoms with Crippen LogP contribution in [0.3, 0.4) is 0 Å². The van der Waals surface area contributed by atoms with E-state index in [0.717, 1.165) is 31.6 Å². The Kier molecular flexibility index (Phi) is 4.23. The molecule has 0 bridgehead atoms. The van der Waals surface area contributed by atoms with Gasteiger partial charge in [0.15, 0.2) is 9.84 Å². The molecule has 1 fully saturated rings. The van der Waals surface area contributed by atoms with Crippen molar-refractivity contribution >= 4 is 9.84 Å². The molecule has 4 nitrogen and oxygen atoms in total. The minimum absolute atomic E-state index is 0.130. The minimum Gasteiger partial charge on any atom is -0.327 e. The summed E-state index contributed by atoms with van der Waals surface area (Å²) in [6.07, 6.45) is 2.24. The summed E-state index contributed by atoms with van der Waals surface area (Å²) in [6.45, 7) is 7.23. The Hall–Kier alpha value is -0.910. The molecule has 1 saturated heterocycles. The van der Waals surface area contributed by atoms with Crippen LogP contribution in [-0.2, 0) is 16.4 Å². The van der Waals surface area contributed by atoms with Gasteiger partial charge in [0.25, 0.3) is 0 Å². The van der Waals surface area contributed by atoms with Gasteiger partial charge in [-0.15, -0.1) is 0 Å². The van der Waals surface area contributed by atoms with Crippen molar-refractivity contribution in [2.24, 2.45) is 11.1 Å². The van der Waals surface area contributed by atoms with Crippen molar-refractivity contribution in [3.63, 3.8) is 0 Å². The zero-order valence-electron chi connectivity index (χ0n) is 12.5. The van der Waals surface area contributed by atoms with E-state index in [1.54, 1.807) is 12.1 Å². The van der Waals surface area contributed by atoms with Gasteiger partial charge < -0.3 is 5.73 Å². The molecule has 1 unspecified atom stereocenters. The molecule has 2 N–H and O–H groups in total. The predicted molar refractivity (Wildman–Crippen MR) is 81.2 cm³/mol. The molecule has 0 aliphatic carbocycles. The first-order valence-electron chi connectivity index (χ1n) is 6.95. The third-order valence-corrected chi connectivity index (χ3v) is 5.28.